The Morgan fingerprint density at radius 3 is 2.29 bits per heavy atom. The Hall–Kier alpha value is -2.96. The number of methoxy groups -OCH3 is 1. The Labute approximate surface area is 139 Å². The third-order valence-electron chi connectivity index (χ3n) is 3.07. The number of nitro benzene ring substituents is 1. The first kappa shape index (κ1) is 17.4. The second-order valence-electron chi connectivity index (χ2n) is 6.09. The molecule has 0 amide bonds. The molecule has 0 unspecified atom stereocenters. The highest BCUT2D eigenvalue weighted by Crippen LogP contribution is 2.28. The zero-order valence-corrected chi connectivity index (χ0v) is 13.9. The van der Waals surface area contributed by atoms with Gasteiger partial charge in [-0.3, -0.25) is 10.1 Å². The first-order valence-corrected chi connectivity index (χ1v) is 7.23. The maximum atomic E-state index is 12.0. The van der Waals surface area contributed by atoms with E-state index in [1.165, 1.54) is 19.2 Å². The molecule has 0 bridgehead atoms. The minimum Gasteiger partial charge on any atom is -0.471 e. The maximum absolute atomic E-state index is 12.0. The van der Waals surface area contributed by atoms with Crippen LogP contribution in [-0.2, 0) is 4.74 Å². The van der Waals surface area contributed by atoms with E-state index in [4.69, 9.17) is 9.47 Å². The van der Waals surface area contributed by atoms with Gasteiger partial charge in [0.05, 0.1) is 12.0 Å². The predicted octanol–water partition coefficient (Wildman–Crippen LogP) is 3.62. The number of nitrogens with zero attached hydrogens (tertiary/aromatic N) is 2. The fourth-order valence-corrected chi connectivity index (χ4v) is 2.01. The highest BCUT2D eigenvalue weighted by atomic mass is 16.6. The van der Waals surface area contributed by atoms with Crippen LogP contribution >= 0.6 is 0 Å². The lowest BCUT2D eigenvalue weighted by molar-refractivity contribution is -0.384. The number of aromatic nitrogens is 1. The largest absolute Gasteiger partial charge is 0.471 e. The van der Waals surface area contributed by atoms with Gasteiger partial charge in [0.15, 0.2) is 0 Å². The molecule has 0 radical (unpaired) electrons. The quantitative estimate of drug-likeness (QED) is 0.483. The van der Waals surface area contributed by atoms with Crippen molar-refractivity contribution in [2.75, 3.05) is 7.11 Å². The Balaban J connectivity index is 2.45. The van der Waals surface area contributed by atoms with Crippen LogP contribution in [-0.4, -0.2) is 28.6 Å². The van der Waals surface area contributed by atoms with Gasteiger partial charge >= 0.3 is 5.97 Å². The van der Waals surface area contributed by atoms with E-state index in [2.05, 4.69) is 4.98 Å². The smallest absolute Gasteiger partial charge is 0.343 e. The summed E-state index contributed by atoms with van der Waals surface area (Å²) in [6, 6.07) is 7.58. The van der Waals surface area contributed by atoms with Crippen molar-refractivity contribution in [1.82, 2.24) is 4.98 Å². The van der Waals surface area contributed by atoms with Crippen molar-refractivity contribution in [3.05, 3.63) is 52.2 Å². The van der Waals surface area contributed by atoms with Gasteiger partial charge in [0.1, 0.15) is 11.2 Å². The summed E-state index contributed by atoms with van der Waals surface area (Å²) < 4.78 is 10.5. The molecule has 0 atom stereocenters. The summed E-state index contributed by atoms with van der Waals surface area (Å²) in [6.45, 7) is 5.54. The van der Waals surface area contributed by atoms with E-state index in [-0.39, 0.29) is 17.1 Å². The van der Waals surface area contributed by atoms with E-state index in [0.717, 1.165) is 0 Å². The lowest BCUT2D eigenvalue weighted by Crippen LogP contribution is -2.25. The number of pyridine rings is 1. The normalized spacial score (nSPS) is 11.0. The summed E-state index contributed by atoms with van der Waals surface area (Å²) in [5, 5.41) is 10.7. The molecule has 1 aromatic carbocycles. The van der Waals surface area contributed by atoms with Crippen LogP contribution in [0.4, 0.5) is 5.69 Å². The van der Waals surface area contributed by atoms with Crippen LogP contribution in [0.5, 0.6) is 5.88 Å². The monoisotopic (exact) mass is 330 g/mol. The fourth-order valence-electron chi connectivity index (χ4n) is 2.01. The van der Waals surface area contributed by atoms with E-state index in [0.29, 0.717) is 11.1 Å². The molecule has 0 N–H and O–H groups in total. The number of non-ortho nitro benzene ring substituents is 1. The van der Waals surface area contributed by atoms with Crippen molar-refractivity contribution in [2.24, 2.45) is 0 Å². The Morgan fingerprint density at radius 1 is 1.17 bits per heavy atom. The Bertz CT molecular complexity index is 764. The lowest BCUT2D eigenvalue weighted by atomic mass is 10.1. The summed E-state index contributed by atoms with van der Waals surface area (Å²) in [6.07, 6.45) is 1.55. The molecule has 24 heavy (non-hydrogen) atoms. The molecule has 2 aromatic rings. The standard InChI is InChI=1S/C17H18N2O5/c1-17(2,3)24-15-14(16(20)23-4)9-12(10-18-15)11-5-7-13(8-6-11)19(21)22/h5-10H,1-4H3. The molecular weight excluding hydrogens is 312 g/mol. The highest BCUT2D eigenvalue weighted by Gasteiger charge is 2.21. The van der Waals surface area contributed by atoms with Gasteiger partial charge in [-0.05, 0) is 44.5 Å². The van der Waals surface area contributed by atoms with Crippen LogP contribution in [0.1, 0.15) is 31.1 Å². The number of hydrogen-bond donors (Lipinski definition) is 0. The Morgan fingerprint density at radius 2 is 1.79 bits per heavy atom. The minimum absolute atomic E-state index is 0.00686. The summed E-state index contributed by atoms with van der Waals surface area (Å²) in [4.78, 5) is 26.5. The lowest BCUT2D eigenvalue weighted by Gasteiger charge is -2.22. The van der Waals surface area contributed by atoms with E-state index >= 15 is 0 Å². The molecule has 7 nitrogen and oxygen atoms in total. The van der Waals surface area contributed by atoms with Gasteiger partial charge in [-0.25, -0.2) is 9.78 Å². The third-order valence-corrected chi connectivity index (χ3v) is 3.07. The van der Waals surface area contributed by atoms with Crippen LogP contribution in [0, 0.1) is 10.1 Å². The van der Waals surface area contributed by atoms with Crippen LogP contribution in [0.25, 0.3) is 11.1 Å². The third kappa shape index (κ3) is 4.07. The SMILES string of the molecule is COC(=O)c1cc(-c2ccc([N+](=O)[O-])cc2)cnc1OC(C)(C)C. The number of carbonyl (C=O) groups is 1. The van der Waals surface area contributed by atoms with Crippen molar-refractivity contribution in [2.45, 2.75) is 26.4 Å². The molecule has 1 heterocycles. The zero-order chi connectivity index (χ0) is 17.9. The van der Waals surface area contributed by atoms with Crippen LogP contribution < -0.4 is 4.74 Å². The molecule has 7 heteroatoms. The predicted molar refractivity (Wildman–Crippen MR) is 88.0 cm³/mol. The number of esters is 1. The number of hydrogen-bond acceptors (Lipinski definition) is 6. The molecule has 126 valence electrons. The molecule has 0 fully saturated rings. The number of carbonyl (C=O) groups excluding carboxylic acids is 1. The summed E-state index contributed by atoms with van der Waals surface area (Å²) in [5.74, 6) is -0.384. The average molecular weight is 330 g/mol. The van der Waals surface area contributed by atoms with Gasteiger partial charge in [-0.1, -0.05) is 0 Å². The maximum Gasteiger partial charge on any atom is 0.343 e. The summed E-state index contributed by atoms with van der Waals surface area (Å²) in [7, 11) is 1.28. The molecule has 2 rings (SSSR count). The molecule has 0 spiro atoms. The van der Waals surface area contributed by atoms with Gasteiger partial charge < -0.3 is 9.47 Å². The van der Waals surface area contributed by atoms with Gasteiger partial charge in [-0.15, -0.1) is 0 Å². The molecular formula is C17H18N2O5. The topological polar surface area (TPSA) is 91.6 Å². The van der Waals surface area contributed by atoms with Crippen molar-refractivity contribution in [3.8, 4) is 17.0 Å². The van der Waals surface area contributed by atoms with Crippen molar-refractivity contribution < 1.29 is 19.2 Å². The second-order valence-corrected chi connectivity index (χ2v) is 6.09. The molecule has 0 aliphatic rings. The number of ether oxygens (including phenoxy) is 2. The first-order valence-electron chi connectivity index (χ1n) is 7.23. The molecule has 0 aliphatic carbocycles. The van der Waals surface area contributed by atoms with E-state index in [9.17, 15) is 14.9 Å². The number of benzene rings is 1. The first-order chi connectivity index (χ1) is 11.2. The van der Waals surface area contributed by atoms with Gasteiger partial charge in [0.2, 0.25) is 5.88 Å². The molecule has 0 saturated carbocycles. The number of rotatable bonds is 4. The van der Waals surface area contributed by atoms with Gasteiger partial charge in [0, 0.05) is 23.9 Å². The van der Waals surface area contributed by atoms with E-state index < -0.39 is 16.5 Å². The van der Waals surface area contributed by atoms with Crippen LogP contribution in [0.3, 0.4) is 0 Å². The molecule has 0 aliphatic heterocycles. The van der Waals surface area contributed by atoms with Crippen molar-refractivity contribution >= 4 is 11.7 Å². The summed E-state index contributed by atoms with van der Waals surface area (Å²) >= 11 is 0. The van der Waals surface area contributed by atoms with Crippen LogP contribution in [0.2, 0.25) is 0 Å². The second kappa shape index (κ2) is 6.66. The van der Waals surface area contributed by atoms with E-state index in [1.54, 1.807) is 24.4 Å². The highest BCUT2D eigenvalue weighted by molar-refractivity contribution is 5.93. The molecule has 0 saturated heterocycles. The zero-order valence-electron chi connectivity index (χ0n) is 13.9. The number of nitro groups is 1. The average Bonchev–Trinajstić information content (AvgIpc) is 2.53. The minimum atomic E-state index is -0.564. The van der Waals surface area contributed by atoms with Crippen molar-refractivity contribution in [1.29, 1.82) is 0 Å². The molecule has 1 aromatic heterocycles. The van der Waals surface area contributed by atoms with Gasteiger partial charge in [-0.2, -0.15) is 0 Å². The summed E-state index contributed by atoms with van der Waals surface area (Å²) in [5.41, 5.74) is 0.993. The van der Waals surface area contributed by atoms with Crippen molar-refractivity contribution in [3.63, 3.8) is 0 Å². The fraction of sp³-hybridized carbons (Fsp3) is 0.294. The van der Waals surface area contributed by atoms with Gasteiger partial charge in [0.25, 0.3) is 5.69 Å². The van der Waals surface area contributed by atoms with E-state index in [1.807, 2.05) is 20.8 Å². The Kier molecular flexibility index (Phi) is 4.82. The van der Waals surface area contributed by atoms with Crippen LogP contribution in [0.15, 0.2) is 36.5 Å².